The van der Waals surface area contributed by atoms with Crippen LogP contribution >= 0.6 is 0 Å². The number of allylic oxidation sites excluding steroid dienone is 2. The lowest BCUT2D eigenvalue weighted by Crippen LogP contribution is -2.52. The highest BCUT2D eigenvalue weighted by atomic mass is 16.5. The number of benzene rings is 1. The van der Waals surface area contributed by atoms with Crippen molar-refractivity contribution in [1.29, 1.82) is 0 Å². The first-order valence-electron chi connectivity index (χ1n) is 10.3. The minimum atomic E-state index is -0.881. The predicted molar refractivity (Wildman–Crippen MR) is 110 cm³/mol. The number of methoxy groups -OCH3 is 1. The molecule has 7 heteroatoms. The van der Waals surface area contributed by atoms with Gasteiger partial charge in [-0.3, -0.25) is 14.5 Å². The molecule has 0 unspecified atom stereocenters. The molecule has 2 aromatic rings. The van der Waals surface area contributed by atoms with Crippen molar-refractivity contribution in [3.8, 4) is 0 Å². The fourth-order valence-corrected chi connectivity index (χ4v) is 4.55. The Morgan fingerprint density at radius 3 is 2.83 bits per heavy atom. The number of esters is 1. The number of para-hydroxylation sites is 2. The molecule has 1 aliphatic heterocycles. The molecule has 1 amide bonds. The molecule has 2 heterocycles. The van der Waals surface area contributed by atoms with Gasteiger partial charge in [-0.05, 0) is 44.2 Å². The van der Waals surface area contributed by atoms with Gasteiger partial charge in [-0.15, -0.1) is 0 Å². The van der Waals surface area contributed by atoms with Crippen LogP contribution in [0.25, 0.3) is 11.0 Å². The minimum Gasteiger partial charge on any atom is -0.465 e. The van der Waals surface area contributed by atoms with E-state index in [4.69, 9.17) is 14.5 Å². The molecule has 0 spiro atoms. The van der Waals surface area contributed by atoms with Crippen molar-refractivity contribution in [2.75, 3.05) is 31.8 Å². The van der Waals surface area contributed by atoms with E-state index < -0.39 is 11.9 Å². The van der Waals surface area contributed by atoms with Gasteiger partial charge in [0.1, 0.15) is 0 Å². The zero-order valence-corrected chi connectivity index (χ0v) is 16.9. The van der Waals surface area contributed by atoms with Crippen molar-refractivity contribution in [1.82, 2.24) is 9.55 Å². The van der Waals surface area contributed by atoms with Crippen LogP contribution in [0.4, 0.5) is 5.95 Å². The highest BCUT2D eigenvalue weighted by Gasteiger charge is 2.49. The van der Waals surface area contributed by atoms with Gasteiger partial charge < -0.3 is 14.0 Å². The smallest absolute Gasteiger partial charge is 0.320 e. The van der Waals surface area contributed by atoms with Crippen molar-refractivity contribution in [3.05, 3.63) is 36.4 Å². The third-order valence-electron chi connectivity index (χ3n) is 5.84. The zero-order valence-electron chi connectivity index (χ0n) is 16.9. The summed E-state index contributed by atoms with van der Waals surface area (Å²) in [5.41, 5.74) is 1.75. The van der Waals surface area contributed by atoms with E-state index in [9.17, 15) is 9.59 Å². The Morgan fingerprint density at radius 1 is 1.28 bits per heavy atom. The predicted octanol–water partition coefficient (Wildman–Crippen LogP) is 3.11. The SMILES string of the molecule is CCOC(=O)[C@@H]1C(=O)N(CCOC)c2nc3ccccc3n2[C@@H]1[C@@H]1CC=CCC1. The Hall–Kier alpha value is -2.67. The van der Waals surface area contributed by atoms with Gasteiger partial charge in [-0.25, -0.2) is 4.98 Å². The molecule has 0 bridgehead atoms. The minimum absolute atomic E-state index is 0.166. The van der Waals surface area contributed by atoms with Gasteiger partial charge in [0.2, 0.25) is 11.9 Å². The summed E-state index contributed by atoms with van der Waals surface area (Å²) in [6.07, 6.45) is 7.02. The molecule has 0 saturated heterocycles. The van der Waals surface area contributed by atoms with Crippen molar-refractivity contribution in [3.63, 3.8) is 0 Å². The molecule has 0 N–H and O–H groups in total. The molecule has 0 fully saturated rings. The van der Waals surface area contributed by atoms with Crippen LogP contribution in [0.2, 0.25) is 0 Å². The lowest BCUT2D eigenvalue weighted by atomic mass is 9.79. The Morgan fingerprint density at radius 2 is 2.10 bits per heavy atom. The standard InChI is InChI=1S/C22H27N3O4/c1-3-29-21(27)18-19(15-9-5-4-6-10-15)25-17-12-8-7-11-16(17)23-22(25)24(20(18)26)13-14-28-2/h4-5,7-8,11-12,15,18-19H,3,6,9-10,13-14H2,1-2H3/t15-,18+,19-/m1/s1. The molecule has 3 atom stereocenters. The number of hydrogen-bond acceptors (Lipinski definition) is 5. The van der Waals surface area contributed by atoms with Crippen molar-refractivity contribution < 1.29 is 19.1 Å². The second-order valence-electron chi connectivity index (χ2n) is 7.52. The second-order valence-corrected chi connectivity index (χ2v) is 7.52. The summed E-state index contributed by atoms with van der Waals surface area (Å²) in [6.45, 7) is 2.72. The molecule has 1 aromatic heterocycles. The Bertz CT molecular complexity index is 935. The molecule has 0 radical (unpaired) electrons. The van der Waals surface area contributed by atoms with Gasteiger partial charge in [0.15, 0.2) is 5.92 Å². The topological polar surface area (TPSA) is 73.7 Å². The molecule has 0 saturated carbocycles. The number of hydrogen-bond donors (Lipinski definition) is 0. The van der Waals surface area contributed by atoms with Crippen LogP contribution in [-0.2, 0) is 19.1 Å². The highest BCUT2D eigenvalue weighted by molar-refractivity contribution is 6.08. The second kappa shape index (κ2) is 8.37. The van der Waals surface area contributed by atoms with Crippen molar-refractivity contribution in [2.45, 2.75) is 32.2 Å². The normalized spacial score (nSPS) is 24.0. The van der Waals surface area contributed by atoms with Gasteiger partial charge >= 0.3 is 5.97 Å². The summed E-state index contributed by atoms with van der Waals surface area (Å²) < 4.78 is 12.7. The van der Waals surface area contributed by atoms with Crippen LogP contribution in [0.3, 0.4) is 0 Å². The lowest BCUT2D eigenvalue weighted by Gasteiger charge is -2.41. The molecule has 1 aromatic carbocycles. The Labute approximate surface area is 170 Å². The number of rotatable bonds is 6. The third kappa shape index (κ3) is 3.44. The number of imidazole rings is 1. The molecule has 29 heavy (non-hydrogen) atoms. The van der Waals surface area contributed by atoms with Crippen molar-refractivity contribution >= 4 is 28.9 Å². The summed E-state index contributed by atoms with van der Waals surface area (Å²) >= 11 is 0. The number of carbonyl (C=O) groups excluding carboxylic acids is 2. The Kier molecular flexibility index (Phi) is 5.67. The van der Waals surface area contributed by atoms with Crippen LogP contribution in [0.15, 0.2) is 36.4 Å². The maximum absolute atomic E-state index is 13.5. The van der Waals surface area contributed by atoms with Crippen LogP contribution in [0.5, 0.6) is 0 Å². The van der Waals surface area contributed by atoms with Crippen molar-refractivity contribution in [2.24, 2.45) is 11.8 Å². The first-order chi connectivity index (χ1) is 14.2. The summed E-state index contributed by atoms with van der Waals surface area (Å²) in [5, 5.41) is 0. The van der Waals surface area contributed by atoms with E-state index >= 15 is 0 Å². The van der Waals surface area contributed by atoms with E-state index in [1.165, 1.54) is 0 Å². The van der Waals surface area contributed by atoms with Gasteiger partial charge in [0.25, 0.3) is 0 Å². The molecule has 2 aliphatic rings. The average Bonchev–Trinajstić information content (AvgIpc) is 3.12. The van der Waals surface area contributed by atoms with Crippen LogP contribution < -0.4 is 4.90 Å². The largest absolute Gasteiger partial charge is 0.465 e. The number of carbonyl (C=O) groups is 2. The summed E-state index contributed by atoms with van der Waals surface area (Å²) in [4.78, 5) is 32.9. The van der Waals surface area contributed by atoms with Gasteiger partial charge in [-0.2, -0.15) is 0 Å². The first-order valence-corrected chi connectivity index (χ1v) is 10.3. The summed E-state index contributed by atoms with van der Waals surface area (Å²) in [7, 11) is 1.59. The quantitative estimate of drug-likeness (QED) is 0.425. The molecule has 7 nitrogen and oxygen atoms in total. The summed E-state index contributed by atoms with van der Waals surface area (Å²) in [5.74, 6) is -0.827. The maximum Gasteiger partial charge on any atom is 0.320 e. The highest BCUT2D eigenvalue weighted by Crippen LogP contribution is 2.44. The third-order valence-corrected chi connectivity index (χ3v) is 5.84. The lowest BCUT2D eigenvalue weighted by molar-refractivity contribution is -0.155. The zero-order chi connectivity index (χ0) is 20.4. The van der Waals surface area contributed by atoms with Gasteiger partial charge in [0, 0.05) is 7.11 Å². The van der Waals surface area contributed by atoms with E-state index in [-0.39, 0.29) is 24.5 Å². The number of anilines is 1. The maximum atomic E-state index is 13.5. The van der Waals surface area contributed by atoms with E-state index in [1.54, 1.807) is 18.9 Å². The number of aromatic nitrogens is 2. The average molecular weight is 397 g/mol. The number of ether oxygens (including phenoxy) is 2. The monoisotopic (exact) mass is 397 g/mol. The van der Waals surface area contributed by atoms with Crippen LogP contribution in [0.1, 0.15) is 32.2 Å². The fraction of sp³-hybridized carbons (Fsp3) is 0.500. The molecular formula is C22H27N3O4. The fourth-order valence-electron chi connectivity index (χ4n) is 4.55. The molecule has 1 aliphatic carbocycles. The van der Waals surface area contributed by atoms with E-state index in [1.807, 2.05) is 24.3 Å². The van der Waals surface area contributed by atoms with Crippen LogP contribution in [0, 0.1) is 11.8 Å². The summed E-state index contributed by atoms with van der Waals surface area (Å²) in [6, 6.07) is 7.53. The molecule has 4 rings (SSSR count). The van der Waals surface area contributed by atoms with E-state index in [2.05, 4.69) is 16.7 Å². The number of fused-ring (bicyclic) bond motifs is 3. The molecule has 154 valence electrons. The van der Waals surface area contributed by atoms with Gasteiger partial charge in [0.05, 0.1) is 36.8 Å². The van der Waals surface area contributed by atoms with Gasteiger partial charge in [-0.1, -0.05) is 24.3 Å². The first kappa shape index (κ1) is 19.6. The Balaban J connectivity index is 1.90. The van der Waals surface area contributed by atoms with Crippen LogP contribution in [-0.4, -0.2) is 48.3 Å². The van der Waals surface area contributed by atoms with E-state index in [0.717, 1.165) is 30.3 Å². The number of nitrogens with zero attached hydrogens (tertiary/aromatic N) is 3. The molecular weight excluding hydrogens is 370 g/mol. The number of amides is 1. The van der Waals surface area contributed by atoms with E-state index in [0.29, 0.717) is 19.1 Å².